The van der Waals surface area contributed by atoms with Crippen LogP contribution in [0.3, 0.4) is 0 Å². The van der Waals surface area contributed by atoms with Gasteiger partial charge in [0.2, 0.25) is 11.8 Å². The summed E-state index contributed by atoms with van der Waals surface area (Å²) < 4.78 is 5.63. The molecule has 2 aromatic carbocycles. The highest BCUT2D eigenvalue weighted by Crippen LogP contribution is 2.36. The lowest BCUT2D eigenvalue weighted by molar-refractivity contribution is -0.139. The van der Waals surface area contributed by atoms with Gasteiger partial charge in [-0.05, 0) is 80.5 Å². The van der Waals surface area contributed by atoms with Gasteiger partial charge in [-0.1, -0.05) is 89.1 Å². The minimum absolute atomic E-state index is 0.0354. The number of benzene rings is 2. The van der Waals surface area contributed by atoms with Gasteiger partial charge in [0.25, 0.3) is 0 Å². The van der Waals surface area contributed by atoms with Crippen molar-refractivity contribution >= 4 is 24.0 Å². The van der Waals surface area contributed by atoms with E-state index < -0.39 is 29.7 Å². The predicted molar refractivity (Wildman–Crippen MR) is 231 cm³/mol. The second-order valence-corrected chi connectivity index (χ2v) is 17.5. The van der Waals surface area contributed by atoms with Crippen molar-refractivity contribution in [1.82, 2.24) is 40.0 Å². The molecule has 4 aromatic rings. The first-order chi connectivity index (χ1) is 28.6. The molecule has 14 heteroatoms. The first-order valence-electron chi connectivity index (χ1n) is 21.4. The number of hydrogen-bond acceptors (Lipinski definition) is 7. The summed E-state index contributed by atoms with van der Waals surface area (Å²) >= 11 is 0. The topological polar surface area (TPSA) is 177 Å². The number of nitrogens with one attached hydrogen (secondary N) is 3. The van der Waals surface area contributed by atoms with E-state index in [0.717, 1.165) is 83.8 Å². The molecule has 6 rings (SSSR count). The summed E-state index contributed by atoms with van der Waals surface area (Å²) in [5.41, 5.74) is 5.12. The molecule has 0 bridgehead atoms. The number of carbonyl (C=O) groups is 4. The van der Waals surface area contributed by atoms with Crippen LogP contribution >= 0.6 is 0 Å². The number of aromatic nitrogens is 4. The van der Waals surface area contributed by atoms with Crippen LogP contribution in [0.4, 0.5) is 9.59 Å². The monoisotopic (exact) mass is 822 g/mol. The lowest BCUT2D eigenvalue weighted by Gasteiger charge is -2.36. The summed E-state index contributed by atoms with van der Waals surface area (Å²) in [6, 6.07) is 15.5. The van der Waals surface area contributed by atoms with E-state index in [2.05, 4.69) is 63.8 Å². The average Bonchev–Trinajstić information content (AvgIpc) is 4.07. The SMILES string of the molecule is CCC(C)[C@@H](C(=O)N1CCC[C@H]1c1ncc(-c2ccc(-c3ccc(-c4cnc([C@@H]5CCCN5C(=O)[C@H](CNC(=O)O)C(C)CC)[nH]4)cc3)cc2)[nH]1)N(C)C(=O)OC(C)(C)C. The van der Waals surface area contributed by atoms with Gasteiger partial charge < -0.3 is 34.9 Å². The quantitative estimate of drug-likeness (QED) is 0.0977. The van der Waals surface area contributed by atoms with Crippen LogP contribution in [0, 0.1) is 17.8 Å². The van der Waals surface area contributed by atoms with Gasteiger partial charge in [-0.25, -0.2) is 19.6 Å². The van der Waals surface area contributed by atoms with Crippen molar-refractivity contribution in [2.45, 2.75) is 111 Å². The van der Waals surface area contributed by atoms with E-state index in [9.17, 15) is 24.3 Å². The van der Waals surface area contributed by atoms with Crippen molar-refractivity contribution in [3.8, 4) is 33.6 Å². The first-order valence-corrected chi connectivity index (χ1v) is 21.4. The summed E-state index contributed by atoms with van der Waals surface area (Å²) in [5.74, 6) is 0.881. The minimum atomic E-state index is -1.13. The molecular formula is C46H62N8O6. The number of ether oxygens (including phenoxy) is 1. The van der Waals surface area contributed by atoms with Crippen LogP contribution in [0.15, 0.2) is 60.9 Å². The molecule has 6 atom stereocenters. The lowest BCUT2D eigenvalue weighted by Crippen LogP contribution is -2.53. The largest absolute Gasteiger partial charge is 0.465 e. The summed E-state index contributed by atoms with van der Waals surface area (Å²) in [6.45, 7) is 14.8. The van der Waals surface area contributed by atoms with Crippen LogP contribution in [-0.2, 0) is 14.3 Å². The van der Waals surface area contributed by atoms with Crippen LogP contribution in [0.25, 0.3) is 33.6 Å². The van der Waals surface area contributed by atoms with Gasteiger partial charge in [-0.15, -0.1) is 0 Å². The molecule has 0 aliphatic carbocycles. The van der Waals surface area contributed by atoms with Gasteiger partial charge in [0, 0.05) is 26.7 Å². The average molecular weight is 823 g/mol. The number of likely N-dealkylation sites (N-methyl/N-ethyl adjacent to an activating group) is 1. The van der Waals surface area contributed by atoms with Crippen LogP contribution in [-0.4, -0.2) is 102 Å². The fourth-order valence-electron chi connectivity index (χ4n) is 8.48. The Balaban J connectivity index is 1.11. The molecule has 322 valence electrons. The molecule has 2 aromatic heterocycles. The molecule has 14 nitrogen and oxygen atoms in total. The van der Waals surface area contributed by atoms with Crippen molar-refractivity contribution in [3.05, 3.63) is 72.6 Å². The number of nitrogens with zero attached hydrogens (tertiary/aromatic N) is 5. The maximum atomic E-state index is 14.2. The van der Waals surface area contributed by atoms with Crippen LogP contribution < -0.4 is 5.32 Å². The van der Waals surface area contributed by atoms with Crippen LogP contribution in [0.2, 0.25) is 0 Å². The molecule has 2 saturated heterocycles. The van der Waals surface area contributed by atoms with Gasteiger partial charge >= 0.3 is 12.2 Å². The fourth-order valence-corrected chi connectivity index (χ4v) is 8.48. The van der Waals surface area contributed by atoms with Crippen molar-refractivity contribution in [2.24, 2.45) is 17.8 Å². The summed E-state index contributed by atoms with van der Waals surface area (Å²) in [6.07, 6.45) is 6.78. The standard InChI is InChI=1S/C46H62N8O6/c1-9-28(3)34(25-49-44(57)58)42(55)53-23-11-13-37(53)40-47-26-35(50-40)32-19-15-30(16-20-32)31-17-21-33(22-18-31)36-27-48-41(51-36)38-14-12-24-54(38)43(56)39(29(4)10-2)52(8)45(59)60-46(5,6)7/h15-22,26-29,34,37-39,49H,9-14,23-25H2,1-8H3,(H,47,50)(H,48,51)(H,57,58)/t28?,29?,34-,37+,38+,39+/m1/s1. The van der Waals surface area contributed by atoms with Gasteiger partial charge in [-0.3, -0.25) is 14.5 Å². The second-order valence-electron chi connectivity index (χ2n) is 17.5. The molecule has 2 aliphatic rings. The highest BCUT2D eigenvalue weighted by molar-refractivity contribution is 5.86. The number of hydrogen-bond donors (Lipinski definition) is 4. The number of aromatic amines is 2. The number of likely N-dealkylation sites (tertiary alicyclic amines) is 2. The van der Waals surface area contributed by atoms with E-state index in [1.54, 1.807) is 7.05 Å². The number of H-pyrrole nitrogens is 2. The Kier molecular flexibility index (Phi) is 13.7. The predicted octanol–water partition coefficient (Wildman–Crippen LogP) is 8.67. The Morgan fingerprint density at radius 2 is 1.23 bits per heavy atom. The molecule has 60 heavy (non-hydrogen) atoms. The molecule has 2 aliphatic heterocycles. The normalized spacial score (nSPS) is 18.8. The Morgan fingerprint density at radius 1 is 0.783 bits per heavy atom. The molecule has 4 N–H and O–H groups in total. The van der Waals surface area contributed by atoms with E-state index in [1.165, 1.54) is 4.90 Å². The molecular weight excluding hydrogens is 761 g/mol. The highest BCUT2D eigenvalue weighted by atomic mass is 16.6. The number of carboxylic acid groups (broad SMARTS) is 1. The van der Waals surface area contributed by atoms with Crippen molar-refractivity contribution in [2.75, 3.05) is 26.7 Å². The zero-order valence-corrected chi connectivity index (χ0v) is 36.3. The highest BCUT2D eigenvalue weighted by Gasteiger charge is 2.41. The van der Waals surface area contributed by atoms with Gasteiger partial charge in [-0.2, -0.15) is 0 Å². The van der Waals surface area contributed by atoms with Crippen molar-refractivity contribution in [3.63, 3.8) is 0 Å². The van der Waals surface area contributed by atoms with E-state index in [4.69, 9.17) is 14.7 Å². The second kappa shape index (κ2) is 18.7. The van der Waals surface area contributed by atoms with Gasteiger partial charge in [0.1, 0.15) is 23.3 Å². The minimum Gasteiger partial charge on any atom is -0.465 e. The molecule has 0 radical (unpaired) electrons. The zero-order valence-electron chi connectivity index (χ0n) is 36.3. The van der Waals surface area contributed by atoms with Gasteiger partial charge in [0.05, 0.1) is 41.8 Å². The molecule has 0 saturated carbocycles. The Bertz CT molecular complexity index is 2100. The van der Waals surface area contributed by atoms with Crippen molar-refractivity contribution in [1.29, 1.82) is 0 Å². The third-order valence-electron chi connectivity index (χ3n) is 12.3. The van der Waals surface area contributed by atoms with E-state index >= 15 is 0 Å². The van der Waals surface area contributed by atoms with E-state index in [1.807, 2.05) is 70.7 Å². The molecule has 4 heterocycles. The number of amides is 4. The molecule has 2 unspecified atom stereocenters. The number of rotatable bonds is 14. The fraction of sp³-hybridized carbons (Fsp3) is 0.522. The Labute approximate surface area is 353 Å². The molecule has 2 fully saturated rings. The number of imidazole rings is 2. The van der Waals surface area contributed by atoms with E-state index in [-0.39, 0.29) is 42.3 Å². The molecule has 4 amide bonds. The molecule has 0 spiro atoms. The lowest BCUT2D eigenvalue weighted by atomic mass is 9.90. The summed E-state index contributed by atoms with van der Waals surface area (Å²) in [4.78, 5) is 73.8. The van der Waals surface area contributed by atoms with Crippen LogP contribution in [0.1, 0.15) is 111 Å². The third kappa shape index (κ3) is 9.85. The first kappa shape index (κ1) is 43.9. The summed E-state index contributed by atoms with van der Waals surface area (Å²) in [5, 5.41) is 11.6. The summed E-state index contributed by atoms with van der Waals surface area (Å²) in [7, 11) is 1.65. The van der Waals surface area contributed by atoms with Crippen molar-refractivity contribution < 1.29 is 29.0 Å². The van der Waals surface area contributed by atoms with E-state index in [0.29, 0.717) is 13.1 Å². The zero-order chi connectivity index (χ0) is 43.3. The maximum absolute atomic E-state index is 14.2. The third-order valence-corrected chi connectivity index (χ3v) is 12.3. The number of carbonyl (C=O) groups excluding carboxylic acids is 3. The smallest absolute Gasteiger partial charge is 0.410 e. The van der Waals surface area contributed by atoms with Gasteiger partial charge in [0.15, 0.2) is 0 Å². The maximum Gasteiger partial charge on any atom is 0.410 e. The van der Waals surface area contributed by atoms with Crippen LogP contribution in [0.5, 0.6) is 0 Å². The Hall–Kier alpha value is -5.66. The Morgan fingerprint density at radius 3 is 1.67 bits per heavy atom.